The molecule has 0 aliphatic carbocycles. The highest BCUT2D eigenvalue weighted by Crippen LogP contribution is 2.29. The summed E-state index contributed by atoms with van der Waals surface area (Å²) in [6.07, 6.45) is 0. The number of rotatable bonds is 5. The molecule has 0 radical (unpaired) electrons. The Kier molecular flexibility index (Phi) is 4.73. The van der Waals surface area contributed by atoms with Crippen LogP contribution in [0.15, 0.2) is 48.5 Å². The fourth-order valence-corrected chi connectivity index (χ4v) is 1.96. The molecule has 114 valence electrons. The highest BCUT2D eigenvalue weighted by Gasteiger charge is 2.19. The van der Waals surface area contributed by atoms with E-state index < -0.39 is 4.92 Å². The number of nitro groups is 1. The number of anilines is 2. The molecule has 0 saturated heterocycles. The van der Waals surface area contributed by atoms with Gasteiger partial charge in [-0.25, -0.2) is 0 Å². The molecule has 0 aliphatic heterocycles. The molecule has 1 amide bonds. The molecule has 6 heteroatoms. The first-order valence-corrected chi connectivity index (χ1v) is 6.89. The number of amides is 1. The van der Waals surface area contributed by atoms with Crippen molar-refractivity contribution >= 4 is 23.0 Å². The zero-order valence-electron chi connectivity index (χ0n) is 12.4. The molecule has 1 N–H and O–H groups in total. The summed E-state index contributed by atoms with van der Waals surface area (Å²) in [5.74, 6) is -0.239. The number of nitrogens with zero attached hydrogens (tertiary/aromatic N) is 2. The number of nitro benzene ring substituents is 1. The van der Waals surface area contributed by atoms with Gasteiger partial charge in [0.25, 0.3) is 11.6 Å². The van der Waals surface area contributed by atoms with Crippen LogP contribution in [-0.2, 0) is 0 Å². The first kappa shape index (κ1) is 15.5. The highest BCUT2D eigenvalue weighted by atomic mass is 16.6. The van der Waals surface area contributed by atoms with Crippen LogP contribution in [0.3, 0.4) is 0 Å². The fraction of sp³-hybridized carbons (Fsp3) is 0.188. The third kappa shape index (κ3) is 3.41. The summed E-state index contributed by atoms with van der Waals surface area (Å²) in [7, 11) is 1.66. The molecule has 2 aromatic carbocycles. The quantitative estimate of drug-likeness (QED) is 0.678. The van der Waals surface area contributed by atoms with Gasteiger partial charge in [-0.15, -0.1) is 0 Å². The van der Waals surface area contributed by atoms with Gasteiger partial charge in [0.2, 0.25) is 0 Å². The summed E-state index contributed by atoms with van der Waals surface area (Å²) in [6, 6.07) is 13.6. The first-order valence-electron chi connectivity index (χ1n) is 6.89. The van der Waals surface area contributed by atoms with Crippen molar-refractivity contribution in [3.05, 3.63) is 64.2 Å². The van der Waals surface area contributed by atoms with E-state index in [4.69, 9.17) is 0 Å². The number of benzene rings is 2. The van der Waals surface area contributed by atoms with Crippen molar-refractivity contribution in [3.63, 3.8) is 0 Å². The summed E-state index contributed by atoms with van der Waals surface area (Å²) in [5, 5.41) is 14.3. The van der Waals surface area contributed by atoms with Crippen molar-refractivity contribution in [1.82, 2.24) is 4.90 Å². The summed E-state index contributed by atoms with van der Waals surface area (Å²) >= 11 is 0. The van der Waals surface area contributed by atoms with E-state index in [0.29, 0.717) is 17.8 Å². The van der Waals surface area contributed by atoms with Crippen molar-refractivity contribution in [2.24, 2.45) is 0 Å². The van der Waals surface area contributed by atoms with E-state index in [9.17, 15) is 14.9 Å². The molecular weight excluding hydrogens is 282 g/mol. The summed E-state index contributed by atoms with van der Waals surface area (Å²) in [6.45, 7) is 2.38. The number of hydrogen-bond acceptors (Lipinski definition) is 4. The van der Waals surface area contributed by atoms with Gasteiger partial charge in [-0.3, -0.25) is 14.9 Å². The number of carbonyl (C=O) groups excluding carboxylic acids is 1. The van der Waals surface area contributed by atoms with Gasteiger partial charge in [0, 0.05) is 30.9 Å². The first-order chi connectivity index (χ1) is 10.5. The van der Waals surface area contributed by atoms with E-state index in [-0.39, 0.29) is 11.6 Å². The second-order valence-electron chi connectivity index (χ2n) is 4.80. The van der Waals surface area contributed by atoms with E-state index >= 15 is 0 Å². The van der Waals surface area contributed by atoms with Crippen LogP contribution in [-0.4, -0.2) is 29.3 Å². The van der Waals surface area contributed by atoms with Crippen molar-refractivity contribution in [3.8, 4) is 0 Å². The minimum atomic E-state index is -0.492. The largest absolute Gasteiger partial charge is 0.350 e. The zero-order valence-corrected chi connectivity index (χ0v) is 12.4. The number of carbonyl (C=O) groups is 1. The molecule has 0 aromatic heterocycles. The molecule has 0 aliphatic rings. The summed E-state index contributed by atoms with van der Waals surface area (Å²) in [5.41, 5.74) is 1.27. The Morgan fingerprint density at radius 2 is 1.91 bits per heavy atom. The molecule has 0 heterocycles. The maximum Gasteiger partial charge on any atom is 0.293 e. The topological polar surface area (TPSA) is 75.5 Å². The molecule has 0 saturated carbocycles. The molecule has 0 fully saturated rings. The van der Waals surface area contributed by atoms with E-state index in [0.717, 1.165) is 5.69 Å². The van der Waals surface area contributed by atoms with Crippen molar-refractivity contribution in [1.29, 1.82) is 0 Å². The van der Waals surface area contributed by atoms with Gasteiger partial charge in [-0.05, 0) is 31.2 Å². The molecule has 22 heavy (non-hydrogen) atoms. The smallest absolute Gasteiger partial charge is 0.293 e. The molecular formula is C16H17N3O3. The predicted octanol–water partition coefficient (Wildman–Crippen LogP) is 3.43. The Balaban J connectivity index is 2.36. The van der Waals surface area contributed by atoms with Gasteiger partial charge in [-0.1, -0.05) is 18.2 Å². The molecule has 2 aromatic rings. The van der Waals surface area contributed by atoms with Crippen LogP contribution in [0.25, 0.3) is 0 Å². The average Bonchev–Trinajstić information content (AvgIpc) is 2.54. The third-order valence-electron chi connectivity index (χ3n) is 3.32. The maximum atomic E-state index is 12.1. The van der Waals surface area contributed by atoms with E-state index in [1.165, 1.54) is 11.0 Å². The lowest BCUT2D eigenvalue weighted by atomic mass is 10.1. The highest BCUT2D eigenvalue weighted by molar-refractivity contribution is 5.95. The number of nitrogens with one attached hydrogen (secondary N) is 1. The van der Waals surface area contributed by atoms with Crippen LogP contribution in [0.5, 0.6) is 0 Å². The van der Waals surface area contributed by atoms with Crippen LogP contribution < -0.4 is 5.32 Å². The predicted molar refractivity (Wildman–Crippen MR) is 85.5 cm³/mol. The Morgan fingerprint density at radius 3 is 2.50 bits per heavy atom. The third-order valence-corrected chi connectivity index (χ3v) is 3.32. The van der Waals surface area contributed by atoms with Gasteiger partial charge >= 0.3 is 0 Å². The van der Waals surface area contributed by atoms with Crippen LogP contribution in [0, 0.1) is 10.1 Å². The Labute approximate surface area is 128 Å². The maximum absolute atomic E-state index is 12.1. The number of hydrogen-bond donors (Lipinski definition) is 1. The zero-order chi connectivity index (χ0) is 16.1. The molecule has 0 unspecified atom stereocenters. The van der Waals surface area contributed by atoms with Gasteiger partial charge in [0.05, 0.1) is 4.92 Å². The number of para-hydroxylation sites is 1. The molecule has 0 atom stereocenters. The SMILES string of the molecule is CCN(C)C(=O)c1ccc(Nc2ccccc2)c([N+](=O)[O-])c1. The molecule has 2 rings (SSSR count). The van der Waals surface area contributed by atoms with E-state index in [2.05, 4.69) is 5.32 Å². The second-order valence-corrected chi connectivity index (χ2v) is 4.80. The lowest BCUT2D eigenvalue weighted by Gasteiger charge is -2.15. The van der Waals surface area contributed by atoms with Crippen LogP contribution in [0.1, 0.15) is 17.3 Å². The molecule has 6 nitrogen and oxygen atoms in total. The lowest BCUT2D eigenvalue weighted by molar-refractivity contribution is -0.383. The van der Waals surface area contributed by atoms with Gasteiger partial charge < -0.3 is 10.2 Å². The summed E-state index contributed by atoms with van der Waals surface area (Å²) in [4.78, 5) is 24.4. The van der Waals surface area contributed by atoms with E-state index in [1.54, 1.807) is 19.2 Å². The van der Waals surface area contributed by atoms with Crippen molar-refractivity contribution in [2.75, 3.05) is 18.9 Å². The lowest BCUT2D eigenvalue weighted by Crippen LogP contribution is -2.26. The van der Waals surface area contributed by atoms with Gasteiger partial charge in [0.1, 0.15) is 5.69 Å². The second kappa shape index (κ2) is 6.71. The van der Waals surface area contributed by atoms with Crippen LogP contribution >= 0.6 is 0 Å². The normalized spacial score (nSPS) is 10.1. The van der Waals surface area contributed by atoms with Gasteiger partial charge in [-0.2, -0.15) is 0 Å². The van der Waals surface area contributed by atoms with Crippen LogP contribution in [0.4, 0.5) is 17.1 Å². The Bertz CT molecular complexity index is 686. The van der Waals surface area contributed by atoms with Crippen molar-refractivity contribution in [2.45, 2.75) is 6.92 Å². The Hall–Kier alpha value is -2.89. The van der Waals surface area contributed by atoms with Crippen molar-refractivity contribution < 1.29 is 9.72 Å². The van der Waals surface area contributed by atoms with Crippen LogP contribution in [0.2, 0.25) is 0 Å². The monoisotopic (exact) mass is 299 g/mol. The minimum absolute atomic E-state index is 0.126. The molecule has 0 bridgehead atoms. The van der Waals surface area contributed by atoms with E-state index in [1.807, 2.05) is 37.3 Å². The molecule has 0 spiro atoms. The minimum Gasteiger partial charge on any atom is -0.350 e. The Morgan fingerprint density at radius 1 is 1.23 bits per heavy atom. The average molecular weight is 299 g/mol. The fourth-order valence-electron chi connectivity index (χ4n) is 1.96. The van der Waals surface area contributed by atoms with Gasteiger partial charge in [0.15, 0.2) is 0 Å². The standard InChI is InChI=1S/C16H17N3O3/c1-3-18(2)16(20)12-9-10-14(15(11-12)19(21)22)17-13-7-5-4-6-8-13/h4-11,17H,3H2,1-2H3. The summed E-state index contributed by atoms with van der Waals surface area (Å²) < 4.78 is 0.